The minimum absolute atomic E-state index is 0.0726. The standard InChI is InChI=1S/C12H14N2O3S/c1-17-9-4-2-8(3-5-9)6-11(18)14-7-10(15)13-12(14)16/h2-5,11,18H,6-7H2,1H3,(H,13,15,16). The van der Waals surface area contributed by atoms with E-state index in [0.29, 0.717) is 6.42 Å². The number of amides is 3. The molecule has 0 aliphatic carbocycles. The van der Waals surface area contributed by atoms with E-state index in [2.05, 4.69) is 17.9 Å². The van der Waals surface area contributed by atoms with Crippen molar-refractivity contribution < 1.29 is 14.3 Å². The summed E-state index contributed by atoms with van der Waals surface area (Å²) in [6.07, 6.45) is 0.577. The molecule has 96 valence electrons. The molecule has 18 heavy (non-hydrogen) atoms. The Morgan fingerprint density at radius 3 is 2.56 bits per heavy atom. The van der Waals surface area contributed by atoms with Gasteiger partial charge in [-0.1, -0.05) is 12.1 Å². The van der Waals surface area contributed by atoms with Gasteiger partial charge in [-0.3, -0.25) is 10.1 Å². The molecule has 1 aromatic rings. The van der Waals surface area contributed by atoms with Crippen LogP contribution in [0.4, 0.5) is 4.79 Å². The van der Waals surface area contributed by atoms with Crippen LogP contribution in [0, 0.1) is 0 Å². The predicted molar refractivity (Wildman–Crippen MR) is 69.7 cm³/mol. The number of benzene rings is 1. The van der Waals surface area contributed by atoms with Crippen molar-refractivity contribution >= 4 is 24.6 Å². The number of nitrogens with one attached hydrogen (secondary N) is 1. The first kappa shape index (κ1) is 12.8. The minimum atomic E-state index is -0.381. The number of urea groups is 1. The highest BCUT2D eigenvalue weighted by molar-refractivity contribution is 7.80. The van der Waals surface area contributed by atoms with E-state index in [1.165, 1.54) is 4.90 Å². The van der Waals surface area contributed by atoms with E-state index >= 15 is 0 Å². The Labute approximate surface area is 111 Å². The Kier molecular flexibility index (Phi) is 3.76. The Morgan fingerprint density at radius 2 is 2.06 bits per heavy atom. The van der Waals surface area contributed by atoms with Gasteiger partial charge in [0.2, 0.25) is 5.91 Å². The quantitative estimate of drug-likeness (QED) is 0.632. The maximum atomic E-state index is 11.4. The second kappa shape index (κ2) is 5.30. The van der Waals surface area contributed by atoms with E-state index in [4.69, 9.17) is 4.74 Å². The number of hydrogen-bond acceptors (Lipinski definition) is 4. The van der Waals surface area contributed by atoms with Crippen LogP contribution in [-0.2, 0) is 11.2 Å². The fourth-order valence-corrected chi connectivity index (χ4v) is 2.18. The molecule has 1 aliphatic heterocycles. The van der Waals surface area contributed by atoms with Crippen molar-refractivity contribution in [3.63, 3.8) is 0 Å². The molecule has 1 fully saturated rings. The summed E-state index contributed by atoms with van der Waals surface area (Å²) < 4.78 is 5.07. The fourth-order valence-electron chi connectivity index (χ4n) is 1.78. The van der Waals surface area contributed by atoms with E-state index in [-0.39, 0.29) is 23.9 Å². The Bertz CT molecular complexity index is 461. The number of rotatable bonds is 4. The highest BCUT2D eigenvalue weighted by Gasteiger charge is 2.30. The first-order valence-corrected chi connectivity index (χ1v) is 6.03. The number of imide groups is 1. The van der Waals surface area contributed by atoms with Crippen LogP contribution in [0.1, 0.15) is 5.56 Å². The van der Waals surface area contributed by atoms with Gasteiger partial charge in [0.05, 0.1) is 12.5 Å². The molecule has 2 rings (SSSR count). The van der Waals surface area contributed by atoms with E-state index in [1.807, 2.05) is 24.3 Å². The molecule has 0 radical (unpaired) electrons. The van der Waals surface area contributed by atoms with E-state index in [1.54, 1.807) is 7.11 Å². The van der Waals surface area contributed by atoms with E-state index in [0.717, 1.165) is 11.3 Å². The van der Waals surface area contributed by atoms with Gasteiger partial charge in [-0.25, -0.2) is 4.79 Å². The minimum Gasteiger partial charge on any atom is -0.497 e. The molecule has 0 bridgehead atoms. The summed E-state index contributed by atoms with van der Waals surface area (Å²) >= 11 is 4.37. The molecule has 1 unspecified atom stereocenters. The van der Waals surface area contributed by atoms with Crippen LogP contribution in [0.3, 0.4) is 0 Å². The van der Waals surface area contributed by atoms with Crippen molar-refractivity contribution in [3.05, 3.63) is 29.8 Å². The van der Waals surface area contributed by atoms with Crippen LogP contribution >= 0.6 is 12.6 Å². The lowest BCUT2D eigenvalue weighted by Gasteiger charge is -2.21. The number of thiol groups is 1. The van der Waals surface area contributed by atoms with Crippen molar-refractivity contribution in [2.24, 2.45) is 0 Å². The van der Waals surface area contributed by atoms with Crippen LogP contribution < -0.4 is 10.1 Å². The lowest BCUT2D eigenvalue weighted by atomic mass is 10.1. The molecular formula is C12H14N2O3S. The first-order chi connectivity index (χ1) is 8.60. The molecule has 1 aromatic carbocycles. The molecule has 5 nitrogen and oxygen atoms in total. The monoisotopic (exact) mass is 266 g/mol. The second-order valence-electron chi connectivity index (χ2n) is 4.01. The number of carbonyl (C=O) groups excluding carboxylic acids is 2. The SMILES string of the molecule is COc1ccc(CC(S)N2CC(=O)NC2=O)cc1. The Morgan fingerprint density at radius 1 is 1.39 bits per heavy atom. The smallest absolute Gasteiger partial charge is 0.325 e. The van der Waals surface area contributed by atoms with Gasteiger partial charge in [-0.15, -0.1) is 0 Å². The summed E-state index contributed by atoms with van der Waals surface area (Å²) in [6.45, 7) is 0.0726. The largest absolute Gasteiger partial charge is 0.497 e. The third kappa shape index (κ3) is 2.76. The molecule has 6 heteroatoms. The van der Waals surface area contributed by atoms with Gasteiger partial charge < -0.3 is 9.64 Å². The molecule has 1 heterocycles. The lowest BCUT2D eigenvalue weighted by Crippen LogP contribution is -2.35. The molecule has 1 saturated heterocycles. The Hall–Kier alpha value is -1.69. The van der Waals surface area contributed by atoms with Crippen molar-refractivity contribution in [3.8, 4) is 5.75 Å². The van der Waals surface area contributed by atoms with Gasteiger partial charge in [0.25, 0.3) is 0 Å². The third-order valence-corrected chi connectivity index (χ3v) is 3.22. The van der Waals surface area contributed by atoms with Crippen molar-refractivity contribution in [1.82, 2.24) is 10.2 Å². The third-order valence-electron chi connectivity index (χ3n) is 2.76. The van der Waals surface area contributed by atoms with Crippen LogP contribution in [-0.4, -0.2) is 35.9 Å². The van der Waals surface area contributed by atoms with Crippen LogP contribution in [0.25, 0.3) is 0 Å². The highest BCUT2D eigenvalue weighted by atomic mass is 32.1. The van der Waals surface area contributed by atoms with Gasteiger partial charge in [-0.05, 0) is 17.7 Å². The van der Waals surface area contributed by atoms with Gasteiger partial charge in [0.1, 0.15) is 12.3 Å². The summed E-state index contributed by atoms with van der Waals surface area (Å²) in [6, 6.07) is 7.15. The molecule has 3 amide bonds. The summed E-state index contributed by atoms with van der Waals surface area (Å²) in [5.74, 6) is 0.498. The van der Waals surface area contributed by atoms with Gasteiger partial charge in [0, 0.05) is 6.42 Å². The van der Waals surface area contributed by atoms with Crippen LogP contribution in [0.15, 0.2) is 24.3 Å². The molecular weight excluding hydrogens is 252 g/mol. The average molecular weight is 266 g/mol. The van der Waals surface area contributed by atoms with Gasteiger partial charge in [-0.2, -0.15) is 12.6 Å². The van der Waals surface area contributed by atoms with Crippen molar-refractivity contribution in [2.75, 3.05) is 13.7 Å². The number of ether oxygens (including phenoxy) is 1. The average Bonchev–Trinajstić information content (AvgIpc) is 2.69. The predicted octanol–water partition coefficient (Wildman–Crippen LogP) is 1.05. The highest BCUT2D eigenvalue weighted by Crippen LogP contribution is 2.17. The normalized spacial score (nSPS) is 16.7. The van der Waals surface area contributed by atoms with Crippen molar-refractivity contribution in [1.29, 1.82) is 0 Å². The maximum absolute atomic E-state index is 11.4. The van der Waals surface area contributed by atoms with E-state index < -0.39 is 0 Å². The molecule has 0 saturated carbocycles. The summed E-state index contributed by atoms with van der Waals surface area (Å²) in [4.78, 5) is 23.9. The molecule has 0 aromatic heterocycles. The maximum Gasteiger partial charge on any atom is 0.325 e. The molecule has 1 aliphatic rings. The molecule has 1 atom stereocenters. The van der Waals surface area contributed by atoms with Crippen molar-refractivity contribution in [2.45, 2.75) is 11.8 Å². The summed E-state index contributed by atoms with van der Waals surface area (Å²) in [7, 11) is 1.61. The molecule has 0 spiro atoms. The molecule has 1 N–H and O–H groups in total. The zero-order chi connectivity index (χ0) is 13.1. The van der Waals surface area contributed by atoms with Crippen LogP contribution in [0.5, 0.6) is 5.75 Å². The van der Waals surface area contributed by atoms with E-state index in [9.17, 15) is 9.59 Å². The van der Waals surface area contributed by atoms with Crippen LogP contribution in [0.2, 0.25) is 0 Å². The second-order valence-corrected chi connectivity index (χ2v) is 4.61. The zero-order valence-electron chi connectivity index (χ0n) is 9.92. The topological polar surface area (TPSA) is 58.6 Å². The van der Waals surface area contributed by atoms with Gasteiger partial charge >= 0.3 is 6.03 Å². The Balaban J connectivity index is 2.00. The fraction of sp³-hybridized carbons (Fsp3) is 0.333. The number of hydrogen-bond donors (Lipinski definition) is 2. The summed E-state index contributed by atoms with van der Waals surface area (Å²) in [5, 5.41) is 1.92. The zero-order valence-corrected chi connectivity index (χ0v) is 10.8. The number of methoxy groups -OCH3 is 1. The number of nitrogens with zero attached hydrogens (tertiary/aromatic N) is 1. The first-order valence-electron chi connectivity index (χ1n) is 5.51. The number of carbonyl (C=O) groups is 2. The van der Waals surface area contributed by atoms with Gasteiger partial charge in [0.15, 0.2) is 0 Å². The summed E-state index contributed by atoms with van der Waals surface area (Å²) in [5.41, 5.74) is 1.03. The lowest BCUT2D eigenvalue weighted by molar-refractivity contribution is -0.118.